The zero-order valence-corrected chi connectivity index (χ0v) is 13.0. The molecule has 6 nitrogen and oxygen atoms in total. The van der Waals surface area contributed by atoms with E-state index < -0.39 is 0 Å². The largest absolute Gasteiger partial charge is 0.508 e. The third-order valence-corrected chi connectivity index (χ3v) is 4.55. The zero-order chi connectivity index (χ0) is 15.8. The van der Waals surface area contributed by atoms with Crippen LogP contribution in [0.25, 0.3) is 10.6 Å². The highest BCUT2D eigenvalue weighted by atomic mass is 32.1. The van der Waals surface area contributed by atoms with Gasteiger partial charge in [-0.25, -0.2) is 15.0 Å². The first-order valence-electron chi connectivity index (χ1n) is 7.35. The van der Waals surface area contributed by atoms with Crippen molar-refractivity contribution in [1.29, 1.82) is 0 Å². The van der Waals surface area contributed by atoms with Crippen molar-refractivity contribution in [2.24, 2.45) is 0 Å². The maximum atomic E-state index is 9.53. The predicted octanol–water partition coefficient (Wildman–Crippen LogP) is 3.51. The summed E-state index contributed by atoms with van der Waals surface area (Å²) in [5.41, 5.74) is 8.48. The topological polar surface area (TPSA) is 97.0 Å². The van der Waals surface area contributed by atoms with E-state index >= 15 is 0 Å². The molecule has 23 heavy (non-hydrogen) atoms. The number of nitrogens with one attached hydrogen (secondary N) is 1. The third-order valence-electron chi connectivity index (χ3n) is 3.62. The maximum Gasteiger partial charge on any atom is 0.227 e. The van der Waals surface area contributed by atoms with E-state index in [1.54, 1.807) is 24.4 Å². The lowest BCUT2D eigenvalue weighted by Crippen LogP contribution is -1.98. The first-order valence-corrected chi connectivity index (χ1v) is 8.16. The second kappa shape index (κ2) is 5.51. The summed E-state index contributed by atoms with van der Waals surface area (Å²) < 4.78 is 0. The van der Waals surface area contributed by atoms with Crippen LogP contribution in [0.3, 0.4) is 0 Å². The average Bonchev–Trinajstić information content (AvgIpc) is 3.30. The van der Waals surface area contributed by atoms with Gasteiger partial charge in [0.15, 0.2) is 5.13 Å². The highest BCUT2D eigenvalue weighted by Gasteiger charge is 2.30. The lowest BCUT2D eigenvalue weighted by Gasteiger charge is -2.06. The molecule has 2 heterocycles. The van der Waals surface area contributed by atoms with Crippen molar-refractivity contribution in [2.75, 3.05) is 11.1 Å². The molecule has 0 radical (unpaired) electrons. The molecule has 1 saturated carbocycles. The fraction of sp³-hybridized carbons (Fsp3) is 0.188. The minimum Gasteiger partial charge on any atom is -0.508 e. The summed E-state index contributed by atoms with van der Waals surface area (Å²) in [4.78, 5) is 14.3. The van der Waals surface area contributed by atoms with Gasteiger partial charge in [0, 0.05) is 23.9 Å². The van der Waals surface area contributed by atoms with Gasteiger partial charge in [-0.05, 0) is 31.0 Å². The van der Waals surface area contributed by atoms with Crippen molar-refractivity contribution >= 4 is 28.1 Å². The number of nitrogens with two attached hydrogens (primary N) is 1. The summed E-state index contributed by atoms with van der Waals surface area (Å²) in [5, 5.41) is 13.2. The number of aromatic nitrogens is 3. The highest BCUT2D eigenvalue weighted by Crippen LogP contribution is 2.46. The third kappa shape index (κ3) is 2.95. The van der Waals surface area contributed by atoms with E-state index in [0.717, 1.165) is 34.8 Å². The van der Waals surface area contributed by atoms with E-state index in [4.69, 9.17) is 5.73 Å². The molecule has 0 spiro atoms. The van der Waals surface area contributed by atoms with Crippen LogP contribution in [0.4, 0.5) is 16.8 Å². The van der Waals surface area contributed by atoms with Crippen LogP contribution in [0.5, 0.6) is 5.75 Å². The maximum absolute atomic E-state index is 9.53. The van der Waals surface area contributed by atoms with Crippen LogP contribution < -0.4 is 11.1 Å². The van der Waals surface area contributed by atoms with Crippen LogP contribution in [0, 0.1) is 0 Å². The molecule has 0 bridgehead atoms. The van der Waals surface area contributed by atoms with E-state index in [-0.39, 0.29) is 5.75 Å². The number of phenolic OH excluding ortho intramolecular Hbond substituents is 1. The Balaban J connectivity index is 1.66. The number of anilines is 3. The van der Waals surface area contributed by atoms with Gasteiger partial charge in [-0.3, -0.25) is 0 Å². The lowest BCUT2D eigenvalue weighted by atomic mass is 10.2. The molecule has 116 valence electrons. The average molecular weight is 325 g/mol. The quantitative estimate of drug-likeness (QED) is 0.679. The summed E-state index contributed by atoms with van der Waals surface area (Å²) in [5.74, 6) is 1.18. The fourth-order valence-electron chi connectivity index (χ4n) is 2.42. The molecule has 0 aliphatic heterocycles. The monoisotopic (exact) mass is 325 g/mol. The molecule has 1 aliphatic rings. The summed E-state index contributed by atoms with van der Waals surface area (Å²) in [6.07, 6.45) is 4.03. The molecular formula is C16H15N5OS. The Labute approximate surface area is 137 Å². The minimum atomic E-state index is 0.192. The first kappa shape index (κ1) is 14.0. The summed E-state index contributed by atoms with van der Waals surface area (Å²) in [6.45, 7) is 0. The molecule has 4 rings (SSSR count). The molecule has 1 aliphatic carbocycles. The summed E-state index contributed by atoms with van der Waals surface area (Å²) >= 11 is 1.46. The Morgan fingerprint density at radius 3 is 2.87 bits per heavy atom. The van der Waals surface area contributed by atoms with E-state index in [9.17, 15) is 5.11 Å². The number of thiazole rings is 1. The molecule has 4 N–H and O–H groups in total. The molecule has 3 aromatic rings. The van der Waals surface area contributed by atoms with Crippen molar-refractivity contribution in [2.45, 2.75) is 18.8 Å². The zero-order valence-electron chi connectivity index (χ0n) is 12.2. The molecule has 0 amide bonds. The lowest BCUT2D eigenvalue weighted by molar-refractivity contribution is 0.475. The minimum absolute atomic E-state index is 0.192. The van der Waals surface area contributed by atoms with Crippen LogP contribution in [0.15, 0.2) is 36.5 Å². The number of benzene rings is 1. The Bertz CT molecular complexity index is 859. The second-order valence-electron chi connectivity index (χ2n) is 5.48. The Kier molecular flexibility index (Phi) is 3.34. The number of phenols is 1. The van der Waals surface area contributed by atoms with Crippen molar-refractivity contribution in [3.8, 4) is 16.3 Å². The Morgan fingerprint density at radius 1 is 1.22 bits per heavy atom. The van der Waals surface area contributed by atoms with Crippen molar-refractivity contribution in [1.82, 2.24) is 15.0 Å². The van der Waals surface area contributed by atoms with Gasteiger partial charge < -0.3 is 16.2 Å². The van der Waals surface area contributed by atoms with E-state index in [2.05, 4.69) is 20.3 Å². The predicted molar refractivity (Wildman–Crippen MR) is 90.9 cm³/mol. The Morgan fingerprint density at radius 2 is 2.09 bits per heavy atom. The SMILES string of the molecule is Nc1nc(C2CC2)c(-c2ccnc(Nc3cccc(O)c3)n2)s1. The number of aromatic hydroxyl groups is 1. The van der Waals surface area contributed by atoms with Gasteiger partial charge in [-0.1, -0.05) is 17.4 Å². The summed E-state index contributed by atoms with van der Waals surface area (Å²) in [6, 6.07) is 8.71. The number of nitrogen functional groups attached to an aromatic ring is 1. The van der Waals surface area contributed by atoms with Gasteiger partial charge in [0.1, 0.15) is 5.75 Å². The van der Waals surface area contributed by atoms with Gasteiger partial charge >= 0.3 is 0 Å². The summed E-state index contributed by atoms with van der Waals surface area (Å²) in [7, 11) is 0. The number of nitrogens with zero attached hydrogens (tertiary/aromatic N) is 3. The molecule has 0 atom stereocenters. The van der Waals surface area contributed by atoms with Crippen molar-refractivity contribution in [3.05, 3.63) is 42.2 Å². The second-order valence-corrected chi connectivity index (χ2v) is 6.51. The molecule has 1 fully saturated rings. The van der Waals surface area contributed by atoms with Crippen LogP contribution in [-0.2, 0) is 0 Å². The first-order chi connectivity index (χ1) is 11.2. The van der Waals surface area contributed by atoms with Crippen molar-refractivity contribution in [3.63, 3.8) is 0 Å². The van der Waals surface area contributed by atoms with Gasteiger partial charge in [-0.15, -0.1) is 0 Å². The van der Waals surface area contributed by atoms with E-state index in [1.165, 1.54) is 11.3 Å². The fourth-order valence-corrected chi connectivity index (χ4v) is 3.31. The molecule has 0 unspecified atom stereocenters. The van der Waals surface area contributed by atoms with E-state index in [1.807, 2.05) is 12.1 Å². The van der Waals surface area contributed by atoms with Gasteiger partial charge in [0.25, 0.3) is 0 Å². The normalized spacial score (nSPS) is 13.9. The highest BCUT2D eigenvalue weighted by molar-refractivity contribution is 7.18. The number of hydrogen-bond acceptors (Lipinski definition) is 7. The molecule has 1 aromatic carbocycles. The van der Waals surface area contributed by atoms with Crippen LogP contribution in [0.2, 0.25) is 0 Å². The van der Waals surface area contributed by atoms with Gasteiger partial charge in [0.2, 0.25) is 5.95 Å². The smallest absolute Gasteiger partial charge is 0.227 e. The Hall–Kier alpha value is -2.67. The number of hydrogen-bond donors (Lipinski definition) is 3. The standard InChI is InChI=1S/C16H15N5OS/c17-15-21-13(9-4-5-9)14(23-15)12-6-7-18-16(20-12)19-10-2-1-3-11(22)8-10/h1-3,6-9,22H,4-5H2,(H2,17,21)(H,18,19,20). The molecule has 7 heteroatoms. The van der Waals surface area contributed by atoms with Crippen LogP contribution in [-0.4, -0.2) is 20.1 Å². The van der Waals surface area contributed by atoms with Crippen LogP contribution >= 0.6 is 11.3 Å². The van der Waals surface area contributed by atoms with E-state index in [0.29, 0.717) is 17.0 Å². The van der Waals surface area contributed by atoms with Crippen LogP contribution in [0.1, 0.15) is 24.5 Å². The van der Waals surface area contributed by atoms with Gasteiger partial charge in [-0.2, -0.15) is 0 Å². The number of rotatable bonds is 4. The molecule has 0 saturated heterocycles. The molecular weight excluding hydrogens is 310 g/mol. The molecule has 2 aromatic heterocycles. The van der Waals surface area contributed by atoms with Crippen molar-refractivity contribution < 1.29 is 5.11 Å². The van der Waals surface area contributed by atoms with Gasteiger partial charge in [0.05, 0.1) is 16.3 Å².